The zero-order valence-corrected chi connectivity index (χ0v) is 17.4. The maximum atomic E-state index is 14.0. The predicted molar refractivity (Wildman–Crippen MR) is 109 cm³/mol. The molecule has 0 fully saturated rings. The van der Waals surface area contributed by atoms with Gasteiger partial charge in [0.25, 0.3) is 0 Å². The lowest BCUT2D eigenvalue weighted by Gasteiger charge is -2.26. The van der Waals surface area contributed by atoms with Gasteiger partial charge >= 0.3 is 12.0 Å². The summed E-state index contributed by atoms with van der Waals surface area (Å²) in [5, 5.41) is 9.38. The smallest absolute Gasteiger partial charge is 0.453 e. The Morgan fingerprint density at radius 1 is 1.10 bits per heavy atom. The van der Waals surface area contributed by atoms with Crippen molar-refractivity contribution < 1.29 is 32.2 Å². The predicted octanol–water partition coefficient (Wildman–Crippen LogP) is 4.85. The molecule has 0 radical (unpaired) electrons. The average Bonchev–Trinajstić information content (AvgIpc) is 2.94. The highest BCUT2D eigenvalue weighted by molar-refractivity contribution is 5.95. The number of fused-ring (bicyclic) bond motifs is 1. The van der Waals surface area contributed by atoms with E-state index in [0.29, 0.717) is 42.8 Å². The van der Waals surface area contributed by atoms with Crippen molar-refractivity contribution in [3.63, 3.8) is 0 Å². The van der Waals surface area contributed by atoms with E-state index >= 15 is 0 Å². The van der Waals surface area contributed by atoms with E-state index < -0.39 is 17.6 Å². The van der Waals surface area contributed by atoms with Crippen molar-refractivity contribution in [1.29, 1.82) is 0 Å². The molecule has 0 aliphatic carbocycles. The number of ether oxygens (including phenoxy) is 1. The van der Waals surface area contributed by atoms with E-state index in [4.69, 9.17) is 4.74 Å². The Hall–Kier alpha value is -2.61. The molecule has 0 saturated heterocycles. The summed E-state index contributed by atoms with van der Waals surface area (Å²) in [6.07, 6.45) is -2.89. The Balaban J connectivity index is 1.91. The minimum absolute atomic E-state index is 0.0982. The topological polar surface area (TPSA) is 49.8 Å². The first-order valence-corrected chi connectivity index (χ1v) is 10.2. The van der Waals surface area contributed by atoms with Crippen LogP contribution >= 0.6 is 0 Å². The van der Waals surface area contributed by atoms with Crippen molar-refractivity contribution in [3.05, 3.63) is 58.7 Å². The zero-order valence-electron chi connectivity index (χ0n) is 17.4. The second-order valence-corrected chi connectivity index (χ2v) is 7.69. The molecule has 4 nitrogen and oxygen atoms in total. The van der Waals surface area contributed by atoms with Gasteiger partial charge in [0.15, 0.2) is 0 Å². The Bertz CT molecular complexity index is 934. The highest BCUT2D eigenvalue weighted by Gasteiger charge is 2.56. The van der Waals surface area contributed by atoms with Gasteiger partial charge in [-0.1, -0.05) is 19.1 Å². The summed E-state index contributed by atoms with van der Waals surface area (Å²) in [5.41, 5.74) is 1.77. The fourth-order valence-electron chi connectivity index (χ4n) is 3.81. The molecule has 1 aliphatic rings. The van der Waals surface area contributed by atoms with Gasteiger partial charge in [0.05, 0.1) is 13.5 Å². The summed E-state index contributed by atoms with van der Waals surface area (Å²) < 4.78 is 58.0. The van der Waals surface area contributed by atoms with Crippen LogP contribution in [0.1, 0.15) is 42.0 Å². The van der Waals surface area contributed by atoms with Gasteiger partial charge < -0.3 is 14.7 Å². The molecule has 2 aromatic rings. The lowest BCUT2D eigenvalue weighted by molar-refractivity contribution is -0.323. The number of carbonyl (C=O) groups is 1. The van der Waals surface area contributed by atoms with E-state index in [1.54, 1.807) is 13.2 Å². The molecule has 0 saturated carbocycles. The highest BCUT2D eigenvalue weighted by Crippen LogP contribution is 2.42. The van der Waals surface area contributed by atoms with E-state index in [1.165, 1.54) is 11.0 Å². The molecule has 1 atom stereocenters. The molecule has 8 heteroatoms. The van der Waals surface area contributed by atoms with Crippen LogP contribution in [0, 0.1) is 0 Å². The fraction of sp³-hybridized carbons (Fsp3) is 0.435. The van der Waals surface area contributed by atoms with Crippen molar-refractivity contribution in [2.75, 3.05) is 18.6 Å². The number of rotatable bonds is 5. The van der Waals surface area contributed by atoms with Crippen molar-refractivity contribution in [1.82, 2.24) is 0 Å². The first kappa shape index (κ1) is 23.1. The molecular weight excluding hydrogens is 414 g/mol. The number of amides is 1. The van der Waals surface area contributed by atoms with Crippen molar-refractivity contribution in [3.8, 4) is 5.75 Å². The minimum atomic E-state index is -5.45. The monoisotopic (exact) mass is 439 g/mol. The lowest BCUT2D eigenvalue weighted by atomic mass is 9.99. The standard InChI is InChI=1S/C23H25F4NO3/c1-3-15-10-16(12-19(11-15)31-2)13-21(29)28-9-5-4-6-17-14-18(7-8-20(17)28)22(24,30)23(25,26)27/h7-8,10-12,14,30H,3-6,9,13H2,1-2H3. The number of halogens is 4. The molecule has 1 amide bonds. The summed E-state index contributed by atoms with van der Waals surface area (Å²) in [4.78, 5) is 14.6. The number of nitrogens with zero attached hydrogens (tertiary/aromatic N) is 1. The maximum absolute atomic E-state index is 14.0. The molecule has 1 aliphatic heterocycles. The first-order chi connectivity index (χ1) is 14.6. The van der Waals surface area contributed by atoms with E-state index in [0.717, 1.165) is 29.7 Å². The summed E-state index contributed by atoms with van der Waals surface area (Å²) in [6, 6.07) is 8.79. The third-order valence-electron chi connectivity index (χ3n) is 5.53. The SMILES string of the molecule is CCc1cc(CC(=O)N2CCCCc3cc(C(O)(F)C(F)(F)F)ccc32)cc(OC)c1. The largest absolute Gasteiger partial charge is 0.497 e. The van der Waals surface area contributed by atoms with Crippen LogP contribution in [0.5, 0.6) is 5.75 Å². The Kier molecular flexibility index (Phi) is 6.59. The molecule has 168 valence electrons. The van der Waals surface area contributed by atoms with Crippen LogP contribution in [0.25, 0.3) is 0 Å². The third-order valence-corrected chi connectivity index (χ3v) is 5.53. The molecule has 1 N–H and O–H groups in total. The lowest BCUT2D eigenvalue weighted by Crippen LogP contribution is -2.38. The van der Waals surface area contributed by atoms with E-state index in [-0.39, 0.29) is 12.3 Å². The Morgan fingerprint density at radius 3 is 2.45 bits per heavy atom. The number of benzene rings is 2. The molecule has 0 spiro atoms. The van der Waals surface area contributed by atoms with Gasteiger partial charge in [-0.05, 0) is 66.6 Å². The number of hydrogen-bond acceptors (Lipinski definition) is 3. The number of methoxy groups -OCH3 is 1. The van der Waals surface area contributed by atoms with Crippen molar-refractivity contribution in [2.24, 2.45) is 0 Å². The number of alkyl halides is 4. The number of anilines is 1. The van der Waals surface area contributed by atoms with Crippen LogP contribution in [0.3, 0.4) is 0 Å². The summed E-state index contributed by atoms with van der Waals surface area (Å²) in [5.74, 6) is -4.00. The number of aliphatic hydroxyl groups is 1. The van der Waals surface area contributed by atoms with Crippen LogP contribution < -0.4 is 9.64 Å². The van der Waals surface area contributed by atoms with Gasteiger partial charge in [0.1, 0.15) is 5.75 Å². The molecule has 1 heterocycles. The van der Waals surface area contributed by atoms with E-state index in [9.17, 15) is 27.5 Å². The molecular formula is C23H25F4NO3. The van der Waals surface area contributed by atoms with Crippen molar-refractivity contribution in [2.45, 2.75) is 51.1 Å². The number of aryl methyl sites for hydroxylation is 2. The summed E-state index contributed by atoms with van der Waals surface area (Å²) >= 11 is 0. The number of carbonyl (C=O) groups excluding carboxylic acids is 1. The van der Waals surface area contributed by atoms with Crippen LogP contribution in [0.4, 0.5) is 23.2 Å². The van der Waals surface area contributed by atoms with Gasteiger partial charge in [-0.2, -0.15) is 17.6 Å². The molecule has 0 aromatic heterocycles. The summed E-state index contributed by atoms with van der Waals surface area (Å²) in [7, 11) is 1.55. The fourth-order valence-corrected chi connectivity index (χ4v) is 3.81. The van der Waals surface area contributed by atoms with E-state index in [1.807, 2.05) is 19.1 Å². The third kappa shape index (κ3) is 4.84. The van der Waals surface area contributed by atoms with Gasteiger partial charge in [-0.15, -0.1) is 0 Å². The maximum Gasteiger partial charge on any atom is 0.453 e. The van der Waals surface area contributed by atoms with Gasteiger partial charge in [0.2, 0.25) is 5.91 Å². The quantitative estimate of drug-likeness (QED) is 0.678. The average molecular weight is 439 g/mol. The van der Waals surface area contributed by atoms with Crippen LogP contribution in [0.2, 0.25) is 0 Å². The normalized spacial score (nSPS) is 16.3. The van der Waals surface area contributed by atoms with E-state index in [2.05, 4.69) is 0 Å². The first-order valence-electron chi connectivity index (χ1n) is 10.2. The second kappa shape index (κ2) is 8.86. The Labute approximate surface area is 178 Å². The van der Waals surface area contributed by atoms with Crippen LogP contribution in [-0.2, 0) is 29.9 Å². The minimum Gasteiger partial charge on any atom is -0.497 e. The molecule has 2 aromatic carbocycles. The Morgan fingerprint density at radius 2 is 1.81 bits per heavy atom. The van der Waals surface area contributed by atoms with Gasteiger partial charge in [-0.25, -0.2) is 0 Å². The van der Waals surface area contributed by atoms with Gasteiger partial charge in [-0.3, -0.25) is 4.79 Å². The van der Waals surface area contributed by atoms with Crippen molar-refractivity contribution >= 4 is 11.6 Å². The highest BCUT2D eigenvalue weighted by atomic mass is 19.4. The second-order valence-electron chi connectivity index (χ2n) is 7.69. The molecule has 31 heavy (non-hydrogen) atoms. The zero-order chi connectivity index (χ0) is 22.8. The molecule has 3 rings (SSSR count). The van der Waals surface area contributed by atoms with Crippen LogP contribution in [-0.4, -0.2) is 30.8 Å². The molecule has 0 bridgehead atoms. The molecule has 1 unspecified atom stereocenters. The van der Waals surface area contributed by atoms with Gasteiger partial charge in [0, 0.05) is 17.8 Å². The number of hydrogen-bond donors (Lipinski definition) is 1. The van der Waals surface area contributed by atoms with Crippen LogP contribution in [0.15, 0.2) is 36.4 Å². The summed E-state index contributed by atoms with van der Waals surface area (Å²) in [6.45, 7) is 2.41.